The SMILES string of the molecule is CCCNC(=O)CNCc1cc(OC)cc(C)n1. The standard InChI is InChI=1S/C13H21N3O2/c1-4-5-15-13(17)9-14-8-11-7-12(18-3)6-10(2)16-11/h6-7,14H,4-5,8-9H2,1-3H3,(H,15,17). The molecule has 0 aliphatic carbocycles. The van der Waals surface area contributed by atoms with Crippen LogP contribution in [0.1, 0.15) is 24.7 Å². The van der Waals surface area contributed by atoms with Gasteiger partial charge in [0.1, 0.15) is 5.75 Å². The van der Waals surface area contributed by atoms with Crippen molar-refractivity contribution in [1.29, 1.82) is 0 Å². The molecule has 100 valence electrons. The number of hydrogen-bond donors (Lipinski definition) is 2. The van der Waals surface area contributed by atoms with E-state index in [1.807, 2.05) is 26.0 Å². The predicted octanol–water partition coefficient (Wildman–Crippen LogP) is 1.01. The van der Waals surface area contributed by atoms with Crippen molar-refractivity contribution in [3.63, 3.8) is 0 Å². The lowest BCUT2D eigenvalue weighted by molar-refractivity contribution is -0.120. The summed E-state index contributed by atoms with van der Waals surface area (Å²) < 4.78 is 5.17. The maximum Gasteiger partial charge on any atom is 0.233 e. The van der Waals surface area contributed by atoms with E-state index in [4.69, 9.17) is 4.74 Å². The van der Waals surface area contributed by atoms with Crippen LogP contribution in [0.25, 0.3) is 0 Å². The highest BCUT2D eigenvalue weighted by Crippen LogP contribution is 2.12. The summed E-state index contributed by atoms with van der Waals surface area (Å²) >= 11 is 0. The monoisotopic (exact) mass is 251 g/mol. The molecule has 0 radical (unpaired) electrons. The van der Waals surface area contributed by atoms with E-state index in [1.54, 1.807) is 7.11 Å². The molecule has 0 atom stereocenters. The summed E-state index contributed by atoms with van der Waals surface area (Å²) in [6.07, 6.45) is 0.947. The first-order valence-corrected chi connectivity index (χ1v) is 6.14. The van der Waals surface area contributed by atoms with Crippen LogP contribution in [0.5, 0.6) is 5.75 Å². The van der Waals surface area contributed by atoms with Crippen LogP contribution in [0.3, 0.4) is 0 Å². The van der Waals surface area contributed by atoms with Crippen molar-refractivity contribution in [3.05, 3.63) is 23.5 Å². The Hall–Kier alpha value is -1.62. The molecule has 0 fully saturated rings. The van der Waals surface area contributed by atoms with E-state index in [9.17, 15) is 4.79 Å². The van der Waals surface area contributed by atoms with Gasteiger partial charge in [-0.15, -0.1) is 0 Å². The van der Waals surface area contributed by atoms with Crippen molar-refractivity contribution in [1.82, 2.24) is 15.6 Å². The highest BCUT2D eigenvalue weighted by atomic mass is 16.5. The van der Waals surface area contributed by atoms with Gasteiger partial charge in [-0.1, -0.05) is 6.92 Å². The van der Waals surface area contributed by atoms with Gasteiger partial charge in [0.25, 0.3) is 0 Å². The Morgan fingerprint density at radius 3 is 2.89 bits per heavy atom. The van der Waals surface area contributed by atoms with E-state index in [0.29, 0.717) is 13.1 Å². The zero-order valence-corrected chi connectivity index (χ0v) is 11.2. The molecule has 0 aliphatic rings. The molecule has 1 aromatic heterocycles. The van der Waals surface area contributed by atoms with E-state index in [1.165, 1.54) is 0 Å². The van der Waals surface area contributed by atoms with Gasteiger partial charge in [0.15, 0.2) is 0 Å². The Morgan fingerprint density at radius 1 is 1.44 bits per heavy atom. The van der Waals surface area contributed by atoms with Gasteiger partial charge < -0.3 is 15.4 Å². The topological polar surface area (TPSA) is 63.2 Å². The van der Waals surface area contributed by atoms with Gasteiger partial charge in [-0.2, -0.15) is 0 Å². The van der Waals surface area contributed by atoms with Crippen molar-refractivity contribution in [3.8, 4) is 5.75 Å². The number of rotatable bonds is 7. The first-order valence-electron chi connectivity index (χ1n) is 6.14. The van der Waals surface area contributed by atoms with Crippen LogP contribution in [0.4, 0.5) is 0 Å². The third kappa shape index (κ3) is 5.14. The van der Waals surface area contributed by atoms with Crippen molar-refractivity contribution in [2.24, 2.45) is 0 Å². The molecule has 0 unspecified atom stereocenters. The fourth-order valence-corrected chi connectivity index (χ4v) is 1.54. The number of amides is 1. The Labute approximate surface area is 108 Å². The van der Waals surface area contributed by atoms with Gasteiger partial charge in [-0.05, 0) is 13.3 Å². The van der Waals surface area contributed by atoms with Gasteiger partial charge in [-0.3, -0.25) is 9.78 Å². The molecule has 2 N–H and O–H groups in total. The third-order valence-corrected chi connectivity index (χ3v) is 2.38. The second-order valence-electron chi connectivity index (χ2n) is 4.09. The van der Waals surface area contributed by atoms with Crippen molar-refractivity contribution in [2.75, 3.05) is 20.2 Å². The number of hydrogen-bond acceptors (Lipinski definition) is 4. The fraction of sp³-hybridized carbons (Fsp3) is 0.538. The molecular formula is C13H21N3O2. The van der Waals surface area contributed by atoms with Gasteiger partial charge in [0, 0.05) is 30.9 Å². The van der Waals surface area contributed by atoms with Crippen molar-refractivity contribution < 1.29 is 9.53 Å². The van der Waals surface area contributed by atoms with Gasteiger partial charge in [0.05, 0.1) is 19.3 Å². The van der Waals surface area contributed by atoms with E-state index < -0.39 is 0 Å². The number of aromatic nitrogens is 1. The first-order chi connectivity index (χ1) is 8.65. The van der Waals surface area contributed by atoms with E-state index in [0.717, 1.165) is 30.1 Å². The molecule has 1 rings (SSSR count). The number of carbonyl (C=O) groups is 1. The summed E-state index contributed by atoms with van der Waals surface area (Å²) in [4.78, 5) is 15.7. The minimum atomic E-state index is 0.0106. The lowest BCUT2D eigenvalue weighted by Crippen LogP contribution is -2.34. The molecule has 1 heterocycles. The van der Waals surface area contributed by atoms with Crippen LogP contribution in [0.15, 0.2) is 12.1 Å². The summed E-state index contributed by atoms with van der Waals surface area (Å²) in [5, 5.41) is 5.86. The quantitative estimate of drug-likeness (QED) is 0.759. The number of carbonyl (C=O) groups excluding carboxylic acids is 1. The Bertz CT molecular complexity index is 394. The maximum atomic E-state index is 11.4. The fourth-order valence-electron chi connectivity index (χ4n) is 1.54. The van der Waals surface area contributed by atoms with Crippen molar-refractivity contribution >= 4 is 5.91 Å². The minimum absolute atomic E-state index is 0.0106. The third-order valence-electron chi connectivity index (χ3n) is 2.38. The average Bonchev–Trinajstić information content (AvgIpc) is 2.35. The van der Waals surface area contributed by atoms with Gasteiger partial charge in [0.2, 0.25) is 5.91 Å². The van der Waals surface area contributed by atoms with Crippen LogP contribution in [0.2, 0.25) is 0 Å². The van der Waals surface area contributed by atoms with Crippen LogP contribution in [0, 0.1) is 6.92 Å². The summed E-state index contributed by atoms with van der Waals surface area (Å²) in [5.74, 6) is 0.797. The molecular weight excluding hydrogens is 230 g/mol. The number of methoxy groups -OCH3 is 1. The van der Waals surface area contributed by atoms with Crippen LogP contribution >= 0.6 is 0 Å². The normalized spacial score (nSPS) is 10.2. The zero-order chi connectivity index (χ0) is 13.4. The van der Waals surface area contributed by atoms with E-state index >= 15 is 0 Å². The second-order valence-corrected chi connectivity index (χ2v) is 4.09. The number of ether oxygens (including phenoxy) is 1. The first kappa shape index (κ1) is 14.4. The van der Waals surface area contributed by atoms with Crippen molar-refractivity contribution in [2.45, 2.75) is 26.8 Å². The predicted molar refractivity (Wildman–Crippen MR) is 70.5 cm³/mol. The molecule has 0 aromatic carbocycles. The molecule has 0 spiro atoms. The molecule has 0 aliphatic heterocycles. The molecule has 0 saturated carbocycles. The largest absolute Gasteiger partial charge is 0.497 e. The number of nitrogens with zero attached hydrogens (tertiary/aromatic N) is 1. The number of pyridine rings is 1. The lowest BCUT2D eigenvalue weighted by Gasteiger charge is -2.07. The molecule has 5 nitrogen and oxygen atoms in total. The van der Waals surface area contributed by atoms with Crippen LogP contribution in [-0.2, 0) is 11.3 Å². The molecule has 0 bridgehead atoms. The highest BCUT2D eigenvalue weighted by Gasteiger charge is 2.02. The Kier molecular flexibility index (Phi) is 6.14. The summed E-state index contributed by atoms with van der Waals surface area (Å²) in [6.45, 7) is 5.52. The van der Waals surface area contributed by atoms with E-state index in [-0.39, 0.29) is 5.91 Å². The van der Waals surface area contributed by atoms with E-state index in [2.05, 4.69) is 15.6 Å². The second kappa shape index (κ2) is 7.66. The summed E-state index contributed by atoms with van der Waals surface area (Å²) in [6, 6.07) is 3.74. The molecule has 5 heteroatoms. The maximum absolute atomic E-state index is 11.4. The number of aryl methyl sites for hydroxylation is 1. The van der Waals surface area contributed by atoms with Crippen LogP contribution < -0.4 is 15.4 Å². The summed E-state index contributed by atoms with van der Waals surface area (Å²) in [5.41, 5.74) is 1.77. The van der Waals surface area contributed by atoms with Gasteiger partial charge in [-0.25, -0.2) is 0 Å². The average molecular weight is 251 g/mol. The number of nitrogens with one attached hydrogen (secondary N) is 2. The molecule has 1 amide bonds. The smallest absolute Gasteiger partial charge is 0.233 e. The summed E-state index contributed by atoms with van der Waals surface area (Å²) in [7, 11) is 1.63. The van der Waals surface area contributed by atoms with Gasteiger partial charge >= 0.3 is 0 Å². The zero-order valence-electron chi connectivity index (χ0n) is 11.2. The molecule has 0 saturated heterocycles. The van der Waals surface area contributed by atoms with Crippen LogP contribution in [-0.4, -0.2) is 31.1 Å². The Morgan fingerprint density at radius 2 is 2.22 bits per heavy atom. The Balaban J connectivity index is 2.39. The minimum Gasteiger partial charge on any atom is -0.497 e. The highest BCUT2D eigenvalue weighted by molar-refractivity contribution is 5.77. The molecule has 18 heavy (non-hydrogen) atoms. The molecule has 1 aromatic rings. The lowest BCUT2D eigenvalue weighted by atomic mass is 10.3.